The molecule has 0 bridgehead atoms. The van der Waals surface area contributed by atoms with E-state index < -0.39 is 32.7 Å². The van der Waals surface area contributed by atoms with Crippen LogP contribution < -0.4 is 5.14 Å². The second-order valence-electron chi connectivity index (χ2n) is 3.43. The lowest BCUT2D eigenvalue weighted by atomic mass is 10.0. The summed E-state index contributed by atoms with van der Waals surface area (Å²) >= 11 is 0. The molecule has 4 nitrogen and oxygen atoms in total. The molecule has 8 heteroatoms. The van der Waals surface area contributed by atoms with Gasteiger partial charge in [-0.15, -0.1) is 0 Å². The SMILES string of the molecule is CCC(c1ncccc1S(N)(=O)=O)C(F)(F)F. The second kappa shape index (κ2) is 4.61. The van der Waals surface area contributed by atoms with Gasteiger partial charge < -0.3 is 0 Å². The predicted molar refractivity (Wildman–Crippen MR) is 54.7 cm³/mol. The van der Waals surface area contributed by atoms with E-state index in [9.17, 15) is 21.6 Å². The molecular weight excluding hydrogens is 257 g/mol. The third kappa shape index (κ3) is 3.16. The molecule has 0 saturated heterocycles. The summed E-state index contributed by atoms with van der Waals surface area (Å²) in [6.07, 6.45) is -3.75. The first kappa shape index (κ1) is 13.9. The highest BCUT2D eigenvalue weighted by atomic mass is 32.2. The van der Waals surface area contributed by atoms with E-state index in [2.05, 4.69) is 4.98 Å². The molecule has 0 radical (unpaired) electrons. The third-order valence-corrected chi connectivity index (χ3v) is 3.20. The zero-order chi connectivity index (χ0) is 13.3. The quantitative estimate of drug-likeness (QED) is 0.908. The monoisotopic (exact) mass is 268 g/mol. The summed E-state index contributed by atoms with van der Waals surface area (Å²) in [5, 5.41) is 4.86. The number of halogens is 3. The van der Waals surface area contributed by atoms with Gasteiger partial charge in [0.1, 0.15) is 4.90 Å². The maximum atomic E-state index is 12.7. The molecule has 0 amide bonds. The van der Waals surface area contributed by atoms with Crippen molar-refractivity contribution in [1.29, 1.82) is 0 Å². The van der Waals surface area contributed by atoms with Crippen molar-refractivity contribution in [3.8, 4) is 0 Å². The molecule has 0 spiro atoms. The van der Waals surface area contributed by atoms with Gasteiger partial charge in [0.2, 0.25) is 10.0 Å². The van der Waals surface area contributed by atoms with Crippen molar-refractivity contribution in [3.05, 3.63) is 24.0 Å². The minimum atomic E-state index is -4.55. The lowest BCUT2D eigenvalue weighted by Gasteiger charge is -2.19. The molecule has 1 atom stereocenters. The zero-order valence-electron chi connectivity index (χ0n) is 8.90. The van der Waals surface area contributed by atoms with Gasteiger partial charge in [0, 0.05) is 6.20 Å². The fraction of sp³-hybridized carbons (Fsp3) is 0.444. The molecule has 1 rings (SSSR count). The van der Waals surface area contributed by atoms with E-state index in [1.807, 2.05) is 0 Å². The van der Waals surface area contributed by atoms with Gasteiger partial charge in [-0.1, -0.05) is 6.92 Å². The van der Waals surface area contributed by atoms with Crippen LogP contribution in [0.2, 0.25) is 0 Å². The molecule has 1 aromatic heterocycles. The molecule has 17 heavy (non-hydrogen) atoms. The Balaban J connectivity index is 3.41. The van der Waals surface area contributed by atoms with E-state index in [1.54, 1.807) is 0 Å². The van der Waals surface area contributed by atoms with Crippen LogP contribution in [0, 0.1) is 0 Å². The average Bonchev–Trinajstić information content (AvgIpc) is 2.15. The van der Waals surface area contributed by atoms with Crippen LogP contribution in [0.15, 0.2) is 23.2 Å². The van der Waals surface area contributed by atoms with Crippen molar-refractivity contribution in [2.75, 3.05) is 0 Å². The number of hydrogen-bond donors (Lipinski definition) is 1. The predicted octanol–water partition coefficient (Wildman–Crippen LogP) is 1.78. The Bertz CT molecular complexity index is 499. The van der Waals surface area contributed by atoms with E-state index in [4.69, 9.17) is 5.14 Å². The van der Waals surface area contributed by atoms with E-state index in [1.165, 1.54) is 13.0 Å². The summed E-state index contributed by atoms with van der Waals surface area (Å²) in [6, 6.07) is 2.25. The standard InChI is InChI=1S/C9H11F3N2O2S/c1-2-6(9(10,11)12)8-7(17(13,15)16)4-3-5-14-8/h3-6H,2H2,1H3,(H2,13,15,16). The van der Waals surface area contributed by atoms with Crippen LogP contribution in [0.25, 0.3) is 0 Å². The lowest BCUT2D eigenvalue weighted by Crippen LogP contribution is -2.25. The Morgan fingerprint density at radius 1 is 1.47 bits per heavy atom. The van der Waals surface area contributed by atoms with E-state index in [0.717, 1.165) is 12.3 Å². The summed E-state index contributed by atoms with van der Waals surface area (Å²) in [4.78, 5) is 2.92. The normalized spacial score (nSPS) is 14.6. The Kier molecular flexibility index (Phi) is 3.78. The molecule has 1 heterocycles. The van der Waals surface area contributed by atoms with Gasteiger partial charge in [0.05, 0.1) is 11.6 Å². The number of alkyl halides is 3. The average molecular weight is 268 g/mol. The van der Waals surface area contributed by atoms with Crippen LogP contribution in [0.1, 0.15) is 25.0 Å². The highest BCUT2D eigenvalue weighted by Crippen LogP contribution is 2.38. The summed E-state index contributed by atoms with van der Waals surface area (Å²) in [5.74, 6) is -1.93. The van der Waals surface area contributed by atoms with Crippen molar-refractivity contribution < 1.29 is 21.6 Å². The number of primary sulfonamides is 1. The van der Waals surface area contributed by atoms with Crippen molar-refractivity contribution in [2.24, 2.45) is 5.14 Å². The van der Waals surface area contributed by atoms with Crippen molar-refractivity contribution in [1.82, 2.24) is 4.98 Å². The minimum absolute atomic E-state index is 0.303. The molecule has 2 N–H and O–H groups in total. The maximum absolute atomic E-state index is 12.7. The fourth-order valence-electron chi connectivity index (χ4n) is 1.48. The van der Waals surface area contributed by atoms with Crippen LogP contribution in [-0.2, 0) is 10.0 Å². The highest BCUT2D eigenvalue weighted by molar-refractivity contribution is 7.89. The summed E-state index contributed by atoms with van der Waals surface area (Å²) < 4.78 is 60.4. The Morgan fingerprint density at radius 3 is 2.47 bits per heavy atom. The number of rotatable bonds is 3. The summed E-state index contributed by atoms with van der Waals surface area (Å²) in [7, 11) is -4.21. The maximum Gasteiger partial charge on any atom is 0.397 e. The number of nitrogens with two attached hydrogens (primary N) is 1. The van der Waals surface area contributed by atoms with Crippen LogP contribution in [0.3, 0.4) is 0 Å². The Hall–Kier alpha value is -1.15. The van der Waals surface area contributed by atoms with Crippen LogP contribution in [-0.4, -0.2) is 19.6 Å². The van der Waals surface area contributed by atoms with Gasteiger partial charge in [-0.25, -0.2) is 13.6 Å². The molecule has 0 saturated carbocycles. The number of hydrogen-bond acceptors (Lipinski definition) is 3. The molecule has 1 unspecified atom stereocenters. The molecule has 1 aromatic rings. The molecular formula is C9H11F3N2O2S. The smallest absolute Gasteiger partial charge is 0.259 e. The van der Waals surface area contributed by atoms with Crippen LogP contribution in [0.5, 0.6) is 0 Å². The van der Waals surface area contributed by atoms with E-state index >= 15 is 0 Å². The largest absolute Gasteiger partial charge is 0.397 e. The zero-order valence-corrected chi connectivity index (χ0v) is 9.72. The molecule has 0 aliphatic rings. The van der Waals surface area contributed by atoms with E-state index in [-0.39, 0.29) is 6.42 Å². The van der Waals surface area contributed by atoms with Gasteiger partial charge in [-0.3, -0.25) is 4.98 Å². The first-order valence-corrected chi connectivity index (χ1v) is 6.27. The summed E-state index contributed by atoms with van der Waals surface area (Å²) in [5.41, 5.74) is -0.551. The molecule has 0 fully saturated rings. The highest BCUT2D eigenvalue weighted by Gasteiger charge is 2.42. The number of aromatic nitrogens is 1. The summed E-state index contributed by atoms with van der Waals surface area (Å²) in [6.45, 7) is 1.31. The van der Waals surface area contributed by atoms with Crippen LogP contribution >= 0.6 is 0 Å². The fourth-order valence-corrected chi connectivity index (χ4v) is 2.24. The third-order valence-electron chi connectivity index (χ3n) is 2.24. The van der Waals surface area contributed by atoms with Crippen molar-refractivity contribution in [2.45, 2.75) is 30.3 Å². The van der Waals surface area contributed by atoms with Crippen molar-refractivity contribution in [3.63, 3.8) is 0 Å². The molecule has 0 aliphatic carbocycles. The Labute approximate surface area is 96.7 Å². The van der Waals surface area contributed by atoms with Crippen LogP contribution in [0.4, 0.5) is 13.2 Å². The second-order valence-corrected chi connectivity index (χ2v) is 4.96. The lowest BCUT2D eigenvalue weighted by molar-refractivity contribution is -0.152. The van der Waals surface area contributed by atoms with Gasteiger partial charge in [0.25, 0.3) is 0 Å². The first-order chi connectivity index (χ1) is 7.68. The minimum Gasteiger partial charge on any atom is -0.259 e. The Morgan fingerprint density at radius 2 is 2.06 bits per heavy atom. The molecule has 0 aliphatic heterocycles. The van der Waals surface area contributed by atoms with Crippen molar-refractivity contribution >= 4 is 10.0 Å². The number of nitrogens with zero attached hydrogens (tertiary/aromatic N) is 1. The van der Waals surface area contributed by atoms with Gasteiger partial charge in [-0.2, -0.15) is 13.2 Å². The number of pyridine rings is 1. The molecule has 0 aromatic carbocycles. The van der Waals surface area contributed by atoms with Gasteiger partial charge in [-0.05, 0) is 18.6 Å². The molecule has 96 valence electrons. The van der Waals surface area contributed by atoms with Gasteiger partial charge in [0.15, 0.2) is 0 Å². The van der Waals surface area contributed by atoms with Gasteiger partial charge >= 0.3 is 6.18 Å². The first-order valence-electron chi connectivity index (χ1n) is 4.72. The topological polar surface area (TPSA) is 73.0 Å². The number of sulfonamides is 1. The van der Waals surface area contributed by atoms with E-state index in [0.29, 0.717) is 0 Å².